The Hall–Kier alpha value is -2.59. The smallest absolute Gasteiger partial charge is 0.119 e. The molecule has 0 saturated carbocycles. The quantitative estimate of drug-likeness (QED) is 0.602. The number of aryl methyl sites for hydroxylation is 2. The number of benzene rings is 2. The van der Waals surface area contributed by atoms with Gasteiger partial charge in [0.15, 0.2) is 0 Å². The Morgan fingerprint density at radius 2 is 1.76 bits per heavy atom. The molecule has 1 N–H and O–H groups in total. The van der Waals surface area contributed by atoms with Crippen LogP contribution in [0.5, 0.6) is 5.75 Å². The molecule has 0 spiro atoms. The topological polar surface area (TPSA) is 39.1 Å². The van der Waals surface area contributed by atoms with Gasteiger partial charge in [-0.3, -0.25) is 0 Å². The van der Waals surface area contributed by atoms with Crippen LogP contribution in [0, 0.1) is 6.92 Å². The highest BCUT2D eigenvalue weighted by atomic mass is 16.5. The Kier molecular flexibility index (Phi) is 6.23. The van der Waals surface area contributed by atoms with Gasteiger partial charge in [-0.2, -0.15) is 0 Å². The molecule has 0 radical (unpaired) electrons. The minimum absolute atomic E-state index is 0.603. The molecule has 0 atom stereocenters. The van der Waals surface area contributed by atoms with Gasteiger partial charge in [0.25, 0.3) is 0 Å². The van der Waals surface area contributed by atoms with Crippen molar-refractivity contribution in [2.24, 2.45) is 0 Å². The summed E-state index contributed by atoms with van der Waals surface area (Å²) in [4.78, 5) is 4.05. The number of aromatic nitrogens is 2. The lowest BCUT2D eigenvalue weighted by atomic mass is 10.2. The fourth-order valence-electron chi connectivity index (χ4n) is 2.59. The number of hydrogen-bond acceptors (Lipinski definition) is 3. The molecule has 2 aromatic carbocycles. The first-order valence-corrected chi connectivity index (χ1v) is 8.73. The van der Waals surface area contributed by atoms with Gasteiger partial charge in [0, 0.05) is 25.5 Å². The molecule has 4 nitrogen and oxygen atoms in total. The maximum atomic E-state index is 5.84. The lowest BCUT2D eigenvalue weighted by Gasteiger charge is -2.09. The monoisotopic (exact) mass is 335 g/mol. The van der Waals surface area contributed by atoms with Crippen LogP contribution in [0.4, 0.5) is 0 Å². The van der Waals surface area contributed by atoms with Gasteiger partial charge in [0.2, 0.25) is 0 Å². The average molecular weight is 335 g/mol. The number of nitrogens with zero attached hydrogens (tertiary/aromatic N) is 2. The van der Waals surface area contributed by atoms with Crippen LogP contribution < -0.4 is 10.1 Å². The second-order valence-electron chi connectivity index (χ2n) is 6.25. The summed E-state index contributed by atoms with van der Waals surface area (Å²) in [7, 11) is 0. The fourth-order valence-corrected chi connectivity index (χ4v) is 2.59. The molecule has 4 heteroatoms. The van der Waals surface area contributed by atoms with E-state index in [4.69, 9.17) is 4.74 Å². The van der Waals surface area contributed by atoms with Crippen molar-refractivity contribution in [2.45, 2.75) is 33.0 Å². The predicted octanol–water partition coefficient (Wildman–Crippen LogP) is 3.95. The fraction of sp³-hybridized carbons (Fsp3) is 0.286. The summed E-state index contributed by atoms with van der Waals surface area (Å²) in [5, 5.41) is 3.47. The van der Waals surface area contributed by atoms with Gasteiger partial charge in [0.05, 0.1) is 6.33 Å². The van der Waals surface area contributed by atoms with E-state index in [2.05, 4.69) is 58.2 Å². The number of rotatable bonds is 9. The van der Waals surface area contributed by atoms with Crippen molar-refractivity contribution >= 4 is 0 Å². The standard InChI is InChI=1S/C21H25N3O/c1-18-3-5-20(6-4-18)16-25-21-9-7-19(8-10-21)15-22-11-2-13-24-14-12-23-17-24/h3-10,12,14,17,22H,2,11,13,15-16H2,1H3. The van der Waals surface area contributed by atoms with Crippen LogP contribution in [0.2, 0.25) is 0 Å². The van der Waals surface area contributed by atoms with Gasteiger partial charge in [-0.15, -0.1) is 0 Å². The summed E-state index contributed by atoms with van der Waals surface area (Å²) in [6.07, 6.45) is 6.76. The minimum atomic E-state index is 0.603. The Bertz CT molecular complexity index is 734. The average Bonchev–Trinajstić information content (AvgIpc) is 3.15. The van der Waals surface area contributed by atoms with Crippen molar-refractivity contribution < 1.29 is 4.74 Å². The zero-order chi connectivity index (χ0) is 17.3. The minimum Gasteiger partial charge on any atom is -0.489 e. The largest absolute Gasteiger partial charge is 0.489 e. The van der Waals surface area contributed by atoms with E-state index in [0.717, 1.165) is 31.8 Å². The maximum Gasteiger partial charge on any atom is 0.119 e. The van der Waals surface area contributed by atoms with Gasteiger partial charge >= 0.3 is 0 Å². The molecule has 3 aromatic rings. The molecule has 0 aliphatic heterocycles. The normalized spacial score (nSPS) is 10.8. The molecular weight excluding hydrogens is 310 g/mol. The zero-order valence-corrected chi connectivity index (χ0v) is 14.7. The molecule has 0 aliphatic carbocycles. The highest BCUT2D eigenvalue weighted by molar-refractivity contribution is 5.28. The van der Waals surface area contributed by atoms with Crippen LogP contribution in [0.1, 0.15) is 23.1 Å². The third-order valence-electron chi connectivity index (χ3n) is 4.11. The van der Waals surface area contributed by atoms with E-state index in [1.807, 2.05) is 30.9 Å². The first-order valence-electron chi connectivity index (χ1n) is 8.73. The van der Waals surface area contributed by atoms with Gasteiger partial charge in [-0.1, -0.05) is 42.0 Å². The van der Waals surface area contributed by atoms with Crippen molar-refractivity contribution in [2.75, 3.05) is 6.54 Å². The van der Waals surface area contributed by atoms with E-state index in [1.54, 1.807) is 0 Å². The van der Waals surface area contributed by atoms with Crippen molar-refractivity contribution in [1.29, 1.82) is 0 Å². The van der Waals surface area contributed by atoms with E-state index in [-0.39, 0.29) is 0 Å². The third-order valence-corrected chi connectivity index (χ3v) is 4.11. The number of hydrogen-bond donors (Lipinski definition) is 1. The van der Waals surface area contributed by atoms with Crippen molar-refractivity contribution in [3.8, 4) is 5.75 Å². The Labute approximate surface area is 149 Å². The molecule has 1 aromatic heterocycles. The second-order valence-corrected chi connectivity index (χ2v) is 6.25. The van der Waals surface area contributed by atoms with Crippen LogP contribution >= 0.6 is 0 Å². The third kappa shape index (κ3) is 5.76. The molecule has 130 valence electrons. The maximum absolute atomic E-state index is 5.84. The summed E-state index contributed by atoms with van der Waals surface area (Å²) < 4.78 is 7.94. The molecule has 0 saturated heterocycles. The van der Waals surface area contributed by atoms with Crippen molar-refractivity contribution in [3.05, 3.63) is 83.9 Å². The molecule has 0 fully saturated rings. The van der Waals surface area contributed by atoms with E-state index in [9.17, 15) is 0 Å². The van der Waals surface area contributed by atoms with Gasteiger partial charge in [-0.05, 0) is 43.1 Å². The summed E-state index contributed by atoms with van der Waals surface area (Å²) in [6.45, 7) is 5.56. The number of nitrogens with one attached hydrogen (secondary N) is 1. The van der Waals surface area contributed by atoms with E-state index in [1.165, 1.54) is 16.7 Å². The van der Waals surface area contributed by atoms with Crippen LogP contribution in [-0.4, -0.2) is 16.1 Å². The van der Waals surface area contributed by atoms with Crippen molar-refractivity contribution in [3.63, 3.8) is 0 Å². The summed E-state index contributed by atoms with van der Waals surface area (Å²) >= 11 is 0. The molecule has 1 heterocycles. The van der Waals surface area contributed by atoms with Crippen molar-refractivity contribution in [1.82, 2.24) is 14.9 Å². The van der Waals surface area contributed by atoms with Crippen LogP contribution in [0.15, 0.2) is 67.3 Å². The molecule has 3 rings (SSSR count). The lowest BCUT2D eigenvalue weighted by molar-refractivity contribution is 0.306. The highest BCUT2D eigenvalue weighted by Gasteiger charge is 1.98. The van der Waals surface area contributed by atoms with Gasteiger partial charge in [-0.25, -0.2) is 4.98 Å². The Morgan fingerprint density at radius 1 is 1.00 bits per heavy atom. The molecule has 0 aliphatic rings. The van der Waals surface area contributed by atoms with Crippen LogP contribution in [0.3, 0.4) is 0 Å². The molecular formula is C21H25N3O. The molecule has 25 heavy (non-hydrogen) atoms. The zero-order valence-electron chi connectivity index (χ0n) is 14.7. The molecule has 0 bridgehead atoms. The van der Waals surface area contributed by atoms with Gasteiger partial charge < -0.3 is 14.6 Å². The van der Waals surface area contributed by atoms with E-state index < -0.39 is 0 Å². The van der Waals surface area contributed by atoms with E-state index >= 15 is 0 Å². The summed E-state index contributed by atoms with van der Waals surface area (Å²) in [6, 6.07) is 16.8. The molecule has 0 amide bonds. The first kappa shape index (κ1) is 17.2. The van der Waals surface area contributed by atoms with Crippen LogP contribution in [0.25, 0.3) is 0 Å². The highest BCUT2D eigenvalue weighted by Crippen LogP contribution is 2.14. The first-order chi connectivity index (χ1) is 12.3. The Morgan fingerprint density at radius 3 is 2.48 bits per heavy atom. The summed E-state index contributed by atoms with van der Waals surface area (Å²) in [5.41, 5.74) is 3.73. The Balaban J connectivity index is 1.36. The van der Waals surface area contributed by atoms with Crippen LogP contribution in [-0.2, 0) is 19.7 Å². The second kappa shape index (κ2) is 9.04. The number of imidazole rings is 1. The lowest BCUT2D eigenvalue weighted by Crippen LogP contribution is -2.16. The molecule has 0 unspecified atom stereocenters. The summed E-state index contributed by atoms with van der Waals surface area (Å²) in [5.74, 6) is 0.907. The van der Waals surface area contributed by atoms with E-state index in [0.29, 0.717) is 6.61 Å². The number of ether oxygens (including phenoxy) is 1. The van der Waals surface area contributed by atoms with Gasteiger partial charge in [0.1, 0.15) is 12.4 Å². The SMILES string of the molecule is Cc1ccc(COc2ccc(CNCCCn3ccnc3)cc2)cc1. The predicted molar refractivity (Wildman–Crippen MR) is 101 cm³/mol.